The minimum absolute atomic E-state index is 0. The standard InChI is InChI=1S/C20H31N3O2.2ClH/c1-22(20(24)19(21)17-9-13-25-14-10-17)18-7-11-23(12-8-18)15-16-5-3-2-4-6-16;;/h2-6,17-19H,7-15,21H2,1H3;2*1H. The van der Waals surface area contributed by atoms with Crippen LogP contribution in [-0.4, -0.2) is 61.1 Å². The van der Waals surface area contributed by atoms with Crippen LogP contribution in [-0.2, 0) is 16.1 Å². The van der Waals surface area contributed by atoms with E-state index in [0.29, 0.717) is 6.04 Å². The topological polar surface area (TPSA) is 58.8 Å². The first-order valence-corrected chi connectivity index (χ1v) is 9.51. The zero-order valence-electron chi connectivity index (χ0n) is 16.1. The third-order valence-electron chi connectivity index (χ3n) is 5.76. The van der Waals surface area contributed by atoms with Crippen LogP contribution in [0, 0.1) is 5.92 Å². The van der Waals surface area contributed by atoms with Gasteiger partial charge in [-0.1, -0.05) is 30.3 Å². The Kier molecular flexibility index (Phi) is 10.6. The van der Waals surface area contributed by atoms with Crippen LogP contribution in [0.3, 0.4) is 0 Å². The monoisotopic (exact) mass is 417 g/mol. The van der Waals surface area contributed by atoms with E-state index in [-0.39, 0.29) is 42.7 Å². The molecule has 0 saturated carbocycles. The van der Waals surface area contributed by atoms with Crippen molar-refractivity contribution in [2.24, 2.45) is 11.7 Å². The van der Waals surface area contributed by atoms with Gasteiger partial charge in [0.25, 0.3) is 0 Å². The van der Waals surface area contributed by atoms with Crippen molar-refractivity contribution in [3.8, 4) is 0 Å². The Balaban J connectivity index is 0.00000182. The molecule has 0 aromatic heterocycles. The highest BCUT2D eigenvalue weighted by Crippen LogP contribution is 2.22. The molecular formula is C20H33Cl2N3O2. The lowest BCUT2D eigenvalue weighted by Crippen LogP contribution is -2.53. The van der Waals surface area contributed by atoms with Crippen LogP contribution in [0.5, 0.6) is 0 Å². The lowest BCUT2D eigenvalue weighted by molar-refractivity contribution is -0.136. The average molecular weight is 418 g/mol. The van der Waals surface area contributed by atoms with E-state index in [9.17, 15) is 4.79 Å². The maximum atomic E-state index is 12.8. The summed E-state index contributed by atoms with van der Waals surface area (Å²) in [5.41, 5.74) is 7.63. The first kappa shape index (κ1) is 24.2. The molecule has 1 unspecified atom stereocenters. The summed E-state index contributed by atoms with van der Waals surface area (Å²) in [7, 11) is 1.93. The largest absolute Gasteiger partial charge is 0.381 e. The summed E-state index contributed by atoms with van der Waals surface area (Å²) < 4.78 is 5.38. The van der Waals surface area contributed by atoms with Crippen LogP contribution in [0.15, 0.2) is 30.3 Å². The number of nitrogens with two attached hydrogens (primary N) is 1. The van der Waals surface area contributed by atoms with Crippen molar-refractivity contribution in [2.75, 3.05) is 33.4 Å². The van der Waals surface area contributed by atoms with Crippen molar-refractivity contribution < 1.29 is 9.53 Å². The van der Waals surface area contributed by atoms with Crippen LogP contribution in [0.25, 0.3) is 0 Å². The molecule has 7 heteroatoms. The molecule has 1 amide bonds. The number of likely N-dealkylation sites (N-methyl/N-ethyl adjacent to an activating group) is 1. The Morgan fingerprint density at radius 3 is 2.33 bits per heavy atom. The second-order valence-electron chi connectivity index (χ2n) is 7.42. The molecule has 2 fully saturated rings. The third-order valence-corrected chi connectivity index (χ3v) is 5.76. The highest BCUT2D eigenvalue weighted by molar-refractivity contribution is 5.85. The minimum Gasteiger partial charge on any atom is -0.381 e. The van der Waals surface area contributed by atoms with Gasteiger partial charge in [0.15, 0.2) is 0 Å². The second kappa shape index (κ2) is 11.9. The van der Waals surface area contributed by atoms with Crippen molar-refractivity contribution in [1.29, 1.82) is 0 Å². The first-order valence-electron chi connectivity index (χ1n) is 9.51. The summed E-state index contributed by atoms with van der Waals surface area (Å²) in [6.45, 7) is 4.51. The number of rotatable bonds is 5. The number of nitrogens with zero attached hydrogens (tertiary/aromatic N) is 2. The maximum absolute atomic E-state index is 12.8. The summed E-state index contributed by atoms with van der Waals surface area (Å²) in [6.07, 6.45) is 3.84. The summed E-state index contributed by atoms with van der Waals surface area (Å²) in [5.74, 6) is 0.371. The fraction of sp³-hybridized carbons (Fsp3) is 0.650. The van der Waals surface area contributed by atoms with Crippen molar-refractivity contribution >= 4 is 30.7 Å². The van der Waals surface area contributed by atoms with Gasteiger partial charge in [-0.25, -0.2) is 0 Å². The SMILES string of the molecule is CN(C(=O)C(N)C1CCOCC1)C1CCN(Cc2ccccc2)CC1.Cl.Cl. The van der Waals surface area contributed by atoms with Gasteiger partial charge in [0, 0.05) is 45.9 Å². The molecule has 2 saturated heterocycles. The highest BCUT2D eigenvalue weighted by Gasteiger charge is 2.32. The number of hydrogen-bond donors (Lipinski definition) is 1. The number of amides is 1. The molecule has 5 nitrogen and oxygen atoms in total. The van der Waals surface area contributed by atoms with Crippen LogP contribution in [0.2, 0.25) is 0 Å². The minimum atomic E-state index is -0.378. The smallest absolute Gasteiger partial charge is 0.239 e. The molecule has 27 heavy (non-hydrogen) atoms. The molecule has 3 rings (SSSR count). The molecule has 2 aliphatic heterocycles. The molecule has 0 radical (unpaired) electrons. The Hall–Kier alpha value is -0.850. The van der Waals surface area contributed by atoms with E-state index in [1.54, 1.807) is 0 Å². The van der Waals surface area contributed by atoms with Gasteiger partial charge in [0.1, 0.15) is 0 Å². The number of halogens is 2. The van der Waals surface area contributed by atoms with Crippen molar-refractivity contribution in [3.63, 3.8) is 0 Å². The Morgan fingerprint density at radius 1 is 1.15 bits per heavy atom. The van der Waals surface area contributed by atoms with Gasteiger partial charge in [-0.15, -0.1) is 24.8 Å². The Bertz CT molecular complexity index is 547. The number of carbonyl (C=O) groups is 1. The molecule has 2 N–H and O–H groups in total. The third kappa shape index (κ3) is 6.61. The molecule has 1 atom stereocenters. The van der Waals surface area contributed by atoms with Crippen LogP contribution >= 0.6 is 24.8 Å². The van der Waals surface area contributed by atoms with E-state index < -0.39 is 0 Å². The van der Waals surface area contributed by atoms with Crippen LogP contribution in [0.1, 0.15) is 31.2 Å². The van der Waals surface area contributed by atoms with Gasteiger partial charge >= 0.3 is 0 Å². The number of benzene rings is 1. The van der Waals surface area contributed by atoms with Gasteiger partial charge in [-0.2, -0.15) is 0 Å². The average Bonchev–Trinajstić information content (AvgIpc) is 2.68. The molecule has 2 aliphatic rings. The van der Waals surface area contributed by atoms with E-state index in [2.05, 4.69) is 35.2 Å². The highest BCUT2D eigenvalue weighted by atomic mass is 35.5. The summed E-state index contributed by atoms with van der Waals surface area (Å²) >= 11 is 0. The van der Waals surface area contributed by atoms with E-state index in [1.165, 1.54) is 5.56 Å². The number of piperidine rings is 1. The van der Waals surface area contributed by atoms with Gasteiger partial charge in [0.05, 0.1) is 6.04 Å². The molecule has 0 bridgehead atoms. The number of likely N-dealkylation sites (tertiary alicyclic amines) is 1. The summed E-state index contributed by atoms with van der Waals surface area (Å²) in [5, 5.41) is 0. The van der Waals surface area contributed by atoms with E-state index in [1.807, 2.05) is 11.9 Å². The molecule has 1 aromatic carbocycles. The predicted molar refractivity (Wildman–Crippen MR) is 114 cm³/mol. The fourth-order valence-corrected chi connectivity index (χ4v) is 4.00. The lowest BCUT2D eigenvalue weighted by atomic mass is 9.91. The lowest BCUT2D eigenvalue weighted by Gasteiger charge is -2.39. The van der Waals surface area contributed by atoms with Crippen molar-refractivity contribution in [3.05, 3.63) is 35.9 Å². The molecule has 0 aliphatic carbocycles. The quantitative estimate of drug-likeness (QED) is 0.799. The molecule has 154 valence electrons. The predicted octanol–water partition coefficient (Wildman–Crippen LogP) is 2.71. The summed E-state index contributed by atoms with van der Waals surface area (Å²) in [4.78, 5) is 17.2. The molecule has 2 heterocycles. The van der Waals surface area contributed by atoms with Gasteiger partial charge in [-0.3, -0.25) is 9.69 Å². The van der Waals surface area contributed by atoms with Gasteiger partial charge < -0.3 is 15.4 Å². The Labute approximate surface area is 175 Å². The first-order chi connectivity index (χ1) is 12.1. The molecule has 1 aromatic rings. The van der Waals surface area contributed by atoms with Gasteiger partial charge in [-0.05, 0) is 37.2 Å². The van der Waals surface area contributed by atoms with E-state index in [0.717, 1.165) is 58.5 Å². The fourth-order valence-electron chi connectivity index (χ4n) is 4.00. The number of hydrogen-bond acceptors (Lipinski definition) is 4. The summed E-state index contributed by atoms with van der Waals surface area (Å²) in [6, 6.07) is 10.5. The van der Waals surface area contributed by atoms with Crippen LogP contribution < -0.4 is 5.73 Å². The van der Waals surface area contributed by atoms with E-state index in [4.69, 9.17) is 10.5 Å². The zero-order chi connectivity index (χ0) is 17.6. The number of ether oxygens (including phenoxy) is 1. The number of carbonyl (C=O) groups excluding carboxylic acids is 1. The maximum Gasteiger partial charge on any atom is 0.239 e. The van der Waals surface area contributed by atoms with Crippen molar-refractivity contribution in [2.45, 2.75) is 44.3 Å². The van der Waals surface area contributed by atoms with E-state index >= 15 is 0 Å². The van der Waals surface area contributed by atoms with Crippen LogP contribution in [0.4, 0.5) is 0 Å². The Morgan fingerprint density at radius 2 is 1.74 bits per heavy atom. The van der Waals surface area contributed by atoms with Gasteiger partial charge in [0.2, 0.25) is 5.91 Å². The molecular weight excluding hydrogens is 385 g/mol. The molecule has 0 spiro atoms. The zero-order valence-corrected chi connectivity index (χ0v) is 17.7. The normalized spacial score (nSPS) is 20.2. The van der Waals surface area contributed by atoms with Crippen molar-refractivity contribution in [1.82, 2.24) is 9.80 Å². The second-order valence-corrected chi connectivity index (χ2v) is 7.42.